The zero-order chi connectivity index (χ0) is 18.8. The summed E-state index contributed by atoms with van der Waals surface area (Å²) >= 11 is 6.31. The fourth-order valence-corrected chi connectivity index (χ4v) is 3.55. The maximum absolute atomic E-state index is 12.3. The molecule has 1 N–H and O–H groups in total. The molecule has 0 saturated carbocycles. The summed E-state index contributed by atoms with van der Waals surface area (Å²) in [6.07, 6.45) is 0.692. The van der Waals surface area contributed by atoms with E-state index in [-0.39, 0.29) is 11.5 Å². The zero-order valence-corrected chi connectivity index (χ0v) is 16.3. The molecule has 0 spiro atoms. The van der Waals surface area contributed by atoms with Gasteiger partial charge in [0.1, 0.15) is 5.82 Å². The molecule has 26 heavy (non-hydrogen) atoms. The molecule has 2 heterocycles. The van der Waals surface area contributed by atoms with E-state index in [0.717, 1.165) is 29.2 Å². The van der Waals surface area contributed by atoms with Crippen molar-refractivity contribution in [3.05, 3.63) is 50.2 Å². The van der Waals surface area contributed by atoms with Gasteiger partial charge in [0.2, 0.25) is 0 Å². The molecule has 0 atom stereocenters. The van der Waals surface area contributed by atoms with Gasteiger partial charge in [0.15, 0.2) is 11.5 Å². The van der Waals surface area contributed by atoms with Crippen LogP contribution >= 0.6 is 11.6 Å². The van der Waals surface area contributed by atoms with Crippen molar-refractivity contribution >= 4 is 11.6 Å². The SMILES string of the molecule is COc1cc(CN2CCc3c(nc(C(C)C)[nH]c3=O)C2)cc(Cl)c1OC. The van der Waals surface area contributed by atoms with E-state index in [2.05, 4.69) is 14.9 Å². The van der Waals surface area contributed by atoms with Gasteiger partial charge < -0.3 is 14.5 Å². The molecule has 140 valence electrons. The van der Waals surface area contributed by atoms with Crippen LogP contribution in [0.3, 0.4) is 0 Å². The maximum atomic E-state index is 12.3. The topological polar surface area (TPSA) is 67.5 Å². The first-order chi connectivity index (χ1) is 12.4. The summed E-state index contributed by atoms with van der Waals surface area (Å²) in [6.45, 7) is 6.19. The Hall–Kier alpha value is -2.05. The number of methoxy groups -OCH3 is 2. The number of fused-ring (bicyclic) bond motifs is 1. The van der Waals surface area contributed by atoms with Gasteiger partial charge in [-0.15, -0.1) is 0 Å². The second-order valence-electron chi connectivity index (χ2n) is 6.80. The molecule has 0 bridgehead atoms. The van der Waals surface area contributed by atoms with Crippen LogP contribution in [0.2, 0.25) is 5.02 Å². The first kappa shape index (κ1) is 18.7. The Morgan fingerprint density at radius 1 is 1.31 bits per heavy atom. The minimum absolute atomic E-state index is 0.00693. The third kappa shape index (κ3) is 3.71. The average molecular weight is 378 g/mol. The van der Waals surface area contributed by atoms with Crippen LogP contribution in [0, 0.1) is 0 Å². The molecular weight excluding hydrogens is 354 g/mol. The van der Waals surface area contributed by atoms with Crippen LogP contribution < -0.4 is 15.0 Å². The van der Waals surface area contributed by atoms with Gasteiger partial charge in [-0.3, -0.25) is 9.69 Å². The summed E-state index contributed by atoms with van der Waals surface area (Å²) in [7, 11) is 3.17. The van der Waals surface area contributed by atoms with Crippen molar-refractivity contribution in [3.63, 3.8) is 0 Å². The molecule has 1 aliphatic heterocycles. The number of hydrogen-bond acceptors (Lipinski definition) is 5. The Morgan fingerprint density at radius 2 is 2.08 bits per heavy atom. The minimum atomic E-state index is -0.00693. The first-order valence-electron chi connectivity index (χ1n) is 8.67. The summed E-state index contributed by atoms with van der Waals surface area (Å²) in [5.74, 6) is 2.08. The van der Waals surface area contributed by atoms with Crippen molar-refractivity contribution < 1.29 is 9.47 Å². The largest absolute Gasteiger partial charge is 0.493 e. The van der Waals surface area contributed by atoms with Gasteiger partial charge in [-0.1, -0.05) is 25.4 Å². The summed E-state index contributed by atoms with van der Waals surface area (Å²) < 4.78 is 10.7. The molecular formula is C19H24ClN3O3. The van der Waals surface area contributed by atoms with Crippen molar-refractivity contribution in [2.75, 3.05) is 20.8 Å². The smallest absolute Gasteiger partial charge is 0.254 e. The molecule has 0 saturated heterocycles. The number of aromatic nitrogens is 2. The van der Waals surface area contributed by atoms with Crippen LogP contribution in [0.25, 0.3) is 0 Å². The molecule has 6 nitrogen and oxygen atoms in total. The Labute approximate surface area is 158 Å². The van der Waals surface area contributed by atoms with E-state index in [1.165, 1.54) is 0 Å². The fourth-order valence-electron chi connectivity index (χ4n) is 3.24. The summed E-state index contributed by atoms with van der Waals surface area (Å²) in [5.41, 5.74) is 2.70. The number of nitrogens with zero attached hydrogens (tertiary/aromatic N) is 2. The van der Waals surface area contributed by atoms with Crippen LogP contribution in [0.5, 0.6) is 11.5 Å². The van der Waals surface area contributed by atoms with E-state index in [0.29, 0.717) is 36.0 Å². The molecule has 1 aliphatic rings. The number of nitrogens with one attached hydrogen (secondary N) is 1. The van der Waals surface area contributed by atoms with Gasteiger partial charge in [0.05, 0.1) is 24.9 Å². The molecule has 0 radical (unpaired) electrons. The molecule has 1 aromatic carbocycles. The van der Waals surface area contributed by atoms with Crippen molar-refractivity contribution in [3.8, 4) is 11.5 Å². The molecule has 2 aromatic rings. The predicted octanol–water partition coefficient (Wildman–Crippen LogP) is 3.12. The molecule has 0 amide bonds. The molecule has 7 heteroatoms. The van der Waals surface area contributed by atoms with Crippen LogP contribution in [0.15, 0.2) is 16.9 Å². The number of H-pyrrole nitrogens is 1. The zero-order valence-electron chi connectivity index (χ0n) is 15.6. The third-order valence-electron chi connectivity index (χ3n) is 4.62. The summed E-state index contributed by atoms with van der Waals surface area (Å²) in [6, 6.07) is 3.83. The number of benzene rings is 1. The molecule has 0 fully saturated rings. The highest BCUT2D eigenvalue weighted by Crippen LogP contribution is 2.36. The monoisotopic (exact) mass is 377 g/mol. The fraction of sp³-hybridized carbons (Fsp3) is 0.474. The van der Waals surface area contributed by atoms with Crippen LogP contribution in [-0.2, 0) is 19.5 Å². The average Bonchev–Trinajstić information content (AvgIpc) is 2.60. The number of halogens is 1. The second-order valence-corrected chi connectivity index (χ2v) is 7.21. The highest BCUT2D eigenvalue weighted by Gasteiger charge is 2.22. The van der Waals surface area contributed by atoms with Crippen LogP contribution in [-0.4, -0.2) is 35.6 Å². The van der Waals surface area contributed by atoms with E-state index in [1.54, 1.807) is 14.2 Å². The Bertz CT molecular complexity index is 864. The summed E-state index contributed by atoms with van der Waals surface area (Å²) in [4.78, 5) is 22.1. The van der Waals surface area contributed by atoms with E-state index < -0.39 is 0 Å². The molecule has 3 rings (SSSR count). The van der Waals surface area contributed by atoms with Gasteiger partial charge in [0.25, 0.3) is 5.56 Å². The highest BCUT2D eigenvalue weighted by molar-refractivity contribution is 6.32. The van der Waals surface area contributed by atoms with Crippen molar-refractivity contribution in [2.45, 2.75) is 39.3 Å². The highest BCUT2D eigenvalue weighted by atomic mass is 35.5. The van der Waals surface area contributed by atoms with Gasteiger partial charge in [-0.05, 0) is 24.1 Å². The predicted molar refractivity (Wildman–Crippen MR) is 101 cm³/mol. The number of hydrogen-bond donors (Lipinski definition) is 1. The minimum Gasteiger partial charge on any atom is -0.493 e. The number of rotatable bonds is 5. The van der Waals surface area contributed by atoms with E-state index in [1.807, 2.05) is 26.0 Å². The van der Waals surface area contributed by atoms with Gasteiger partial charge in [-0.25, -0.2) is 4.98 Å². The molecule has 0 unspecified atom stereocenters. The van der Waals surface area contributed by atoms with Gasteiger partial charge in [-0.2, -0.15) is 0 Å². The quantitative estimate of drug-likeness (QED) is 0.867. The lowest BCUT2D eigenvalue weighted by Crippen LogP contribution is -2.35. The summed E-state index contributed by atoms with van der Waals surface area (Å²) in [5, 5.41) is 0.524. The Kier molecular flexibility index (Phi) is 5.53. The van der Waals surface area contributed by atoms with Crippen molar-refractivity contribution in [2.24, 2.45) is 0 Å². The Morgan fingerprint density at radius 3 is 2.73 bits per heavy atom. The molecule has 0 aliphatic carbocycles. The Balaban J connectivity index is 1.84. The lowest BCUT2D eigenvalue weighted by atomic mass is 10.0. The van der Waals surface area contributed by atoms with E-state index in [4.69, 9.17) is 21.1 Å². The van der Waals surface area contributed by atoms with Crippen LogP contribution in [0.1, 0.15) is 42.4 Å². The van der Waals surface area contributed by atoms with Gasteiger partial charge in [0, 0.05) is 31.1 Å². The normalized spacial score (nSPS) is 14.4. The second kappa shape index (κ2) is 7.68. The van der Waals surface area contributed by atoms with E-state index >= 15 is 0 Å². The molecule has 1 aromatic heterocycles. The van der Waals surface area contributed by atoms with Crippen LogP contribution in [0.4, 0.5) is 0 Å². The lowest BCUT2D eigenvalue weighted by molar-refractivity contribution is 0.239. The maximum Gasteiger partial charge on any atom is 0.254 e. The third-order valence-corrected chi connectivity index (χ3v) is 4.90. The first-order valence-corrected chi connectivity index (χ1v) is 9.05. The van der Waals surface area contributed by atoms with E-state index in [9.17, 15) is 4.79 Å². The van der Waals surface area contributed by atoms with Crippen molar-refractivity contribution in [1.82, 2.24) is 14.9 Å². The number of ether oxygens (including phenoxy) is 2. The van der Waals surface area contributed by atoms with Gasteiger partial charge >= 0.3 is 0 Å². The lowest BCUT2D eigenvalue weighted by Gasteiger charge is -2.28. The van der Waals surface area contributed by atoms with Crippen molar-refractivity contribution in [1.29, 1.82) is 0 Å². The number of aromatic amines is 1. The standard InChI is InChI=1S/C19H24ClN3O3/c1-11(2)18-21-15-10-23(6-5-13(15)19(24)22-18)9-12-7-14(20)17(26-4)16(8-12)25-3/h7-8,11H,5-6,9-10H2,1-4H3,(H,21,22,24).